The van der Waals surface area contributed by atoms with Gasteiger partial charge in [0.05, 0.1) is 10.6 Å². The molecule has 1 fully saturated rings. The molecule has 1 amide bonds. The molecule has 0 aromatic carbocycles. The summed E-state index contributed by atoms with van der Waals surface area (Å²) in [5, 5.41) is 3.22. The Balaban J connectivity index is 1.74. The van der Waals surface area contributed by atoms with Crippen molar-refractivity contribution in [3.8, 4) is 0 Å². The van der Waals surface area contributed by atoms with Crippen molar-refractivity contribution in [2.75, 3.05) is 20.2 Å². The van der Waals surface area contributed by atoms with Gasteiger partial charge >= 0.3 is 0 Å². The van der Waals surface area contributed by atoms with Gasteiger partial charge < -0.3 is 14.1 Å². The molecule has 1 atom stereocenters. The first-order valence-corrected chi connectivity index (χ1v) is 8.76. The van der Waals surface area contributed by atoms with Crippen LogP contribution in [0, 0.1) is 13.8 Å². The molecule has 1 aliphatic rings. The third-order valence-corrected chi connectivity index (χ3v) is 5.31. The van der Waals surface area contributed by atoms with Crippen LogP contribution in [-0.2, 0) is 11.3 Å². The summed E-state index contributed by atoms with van der Waals surface area (Å²) >= 11 is 1.70. The Labute approximate surface area is 140 Å². The van der Waals surface area contributed by atoms with Gasteiger partial charge in [-0.05, 0) is 32.8 Å². The monoisotopic (exact) mass is 334 g/mol. The van der Waals surface area contributed by atoms with E-state index in [1.165, 1.54) is 0 Å². The first-order chi connectivity index (χ1) is 11.1. The van der Waals surface area contributed by atoms with Gasteiger partial charge in [-0.3, -0.25) is 4.79 Å². The van der Waals surface area contributed by atoms with Crippen molar-refractivity contribution >= 4 is 17.2 Å². The summed E-state index contributed by atoms with van der Waals surface area (Å²) in [7, 11) is 1.62. The second-order valence-corrected chi connectivity index (χ2v) is 6.92. The van der Waals surface area contributed by atoms with E-state index in [1.807, 2.05) is 18.7 Å². The van der Waals surface area contributed by atoms with Gasteiger partial charge in [0.2, 0.25) is 0 Å². The van der Waals surface area contributed by atoms with E-state index >= 15 is 0 Å². The van der Waals surface area contributed by atoms with E-state index in [0.717, 1.165) is 36.6 Å². The molecule has 0 radical (unpaired) electrons. The van der Waals surface area contributed by atoms with E-state index in [1.54, 1.807) is 24.5 Å². The molecule has 0 unspecified atom stereocenters. The van der Waals surface area contributed by atoms with Crippen molar-refractivity contribution in [2.45, 2.75) is 39.2 Å². The Kier molecular flexibility index (Phi) is 4.82. The molecule has 2 aromatic rings. The minimum absolute atomic E-state index is 0.0478. The van der Waals surface area contributed by atoms with Gasteiger partial charge in [-0.15, -0.1) is 11.3 Å². The summed E-state index contributed by atoms with van der Waals surface area (Å²) in [5.41, 5.74) is 1.70. The van der Waals surface area contributed by atoms with E-state index in [9.17, 15) is 4.79 Å². The van der Waals surface area contributed by atoms with Crippen LogP contribution in [0.1, 0.15) is 51.3 Å². The topological polar surface area (TPSA) is 55.6 Å². The summed E-state index contributed by atoms with van der Waals surface area (Å²) in [5.74, 6) is 1.75. The summed E-state index contributed by atoms with van der Waals surface area (Å²) in [6, 6.07) is 1.80. The molecule has 1 aliphatic heterocycles. The fraction of sp³-hybridized carbons (Fsp3) is 0.529. The quantitative estimate of drug-likeness (QED) is 0.858. The van der Waals surface area contributed by atoms with Gasteiger partial charge in [-0.25, -0.2) is 4.98 Å². The summed E-state index contributed by atoms with van der Waals surface area (Å²) in [4.78, 5) is 19.4. The Hall–Kier alpha value is -1.66. The van der Waals surface area contributed by atoms with Gasteiger partial charge in [-0.1, -0.05) is 0 Å². The largest absolute Gasteiger partial charge is 0.463 e. The number of furan rings is 1. The molecule has 124 valence electrons. The molecule has 23 heavy (non-hydrogen) atoms. The Morgan fingerprint density at radius 3 is 3.04 bits per heavy atom. The summed E-state index contributed by atoms with van der Waals surface area (Å²) in [6.45, 7) is 5.75. The number of hydrogen-bond acceptors (Lipinski definition) is 5. The van der Waals surface area contributed by atoms with Crippen molar-refractivity contribution in [1.82, 2.24) is 9.88 Å². The molecular weight excluding hydrogens is 312 g/mol. The van der Waals surface area contributed by atoms with Crippen molar-refractivity contribution in [1.29, 1.82) is 0 Å². The van der Waals surface area contributed by atoms with Crippen LogP contribution < -0.4 is 0 Å². The van der Waals surface area contributed by atoms with Crippen LogP contribution in [0.5, 0.6) is 0 Å². The molecule has 3 heterocycles. The van der Waals surface area contributed by atoms with Crippen molar-refractivity contribution in [3.05, 3.63) is 39.2 Å². The molecule has 1 saturated heterocycles. The lowest BCUT2D eigenvalue weighted by Crippen LogP contribution is -2.39. The van der Waals surface area contributed by atoms with Crippen molar-refractivity contribution in [2.24, 2.45) is 0 Å². The minimum atomic E-state index is 0.0478. The number of amides is 1. The highest BCUT2D eigenvalue weighted by Crippen LogP contribution is 2.30. The zero-order chi connectivity index (χ0) is 16.4. The standard InChI is InChI=1S/C17H22N2O3S/c1-11-10-23-16(18-11)13-5-4-6-19(8-13)17(20)15-7-14(9-21-3)22-12(15)2/h7,10,13H,4-6,8-9H2,1-3H3/t13-/m0/s1. The summed E-state index contributed by atoms with van der Waals surface area (Å²) < 4.78 is 10.7. The second-order valence-electron chi connectivity index (χ2n) is 6.03. The first-order valence-electron chi connectivity index (χ1n) is 7.88. The van der Waals surface area contributed by atoms with E-state index in [-0.39, 0.29) is 5.91 Å². The molecule has 0 saturated carbocycles. The molecule has 6 heteroatoms. The van der Waals surface area contributed by atoms with Crippen LogP contribution >= 0.6 is 11.3 Å². The Bertz CT molecular complexity index is 692. The molecule has 3 rings (SSSR count). The van der Waals surface area contributed by atoms with Gasteiger partial charge in [0.1, 0.15) is 18.1 Å². The third kappa shape index (κ3) is 3.48. The SMILES string of the molecule is COCc1cc(C(=O)N2CCC[C@H](c3nc(C)cs3)C2)c(C)o1. The van der Waals surface area contributed by atoms with Crippen LogP contribution in [0.3, 0.4) is 0 Å². The third-order valence-electron chi connectivity index (χ3n) is 4.18. The second kappa shape index (κ2) is 6.84. The maximum Gasteiger partial charge on any atom is 0.257 e. The number of hydrogen-bond donors (Lipinski definition) is 0. The van der Waals surface area contributed by atoms with Gasteiger partial charge in [0, 0.05) is 37.2 Å². The van der Waals surface area contributed by atoms with Gasteiger partial charge in [-0.2, -0.15) is 0 Å². The number of piperidine rings is 1. The molecular formula is C17H22N2O3S. The zero-order valence-electron chi connectivity index (χ0n) is 13.8. The number of aryl methyl sites for hydroxylation is 2. The molecule has 0 bridgehead atoms. The highest BCUT2D eigenvalue weighted by Gasteiger charge is 2.28. The minimum Gasteiger partial charge on any atom is -0.463 e. The molecule has 0 N–H and O–H groups in total. The lowest BCUT2D eigenvalue weighted by molar-refractivity contribution is 0.0705. The maximum atomic E-state index is 12.8. The van der Waals surface area contributed by atoms with E-state index < -0.39 is 0 Å². The number of ether oxygens (including phenoxy) is 1. The van der Waals surface area contributed by atoms with Crippen LogP contribution in [0.4, 0.5) is 0 Å². The Morgan fingerprint density at radius 1 is 1.52 bits per heavy atom. The van der Waals surface area contributed by atoms with Crippen molar-refractivity contribution < 1.29 is 13.9 Å². The van der Waals surface area contributed by atoms with Crippen LogP contribution in [0.25, 0.3) is 0 Å². The smallest absolute Gasteiger partial charge is 0.257 e. The number of aromatic nitrogens is 1. The van der Waals surface area contributed by atoms with Crippen LogP contribution in [-0.4, -0.2) is 36.0 Å². The maximum absolute atomic E-state index is 12.8. The fourth-order valence-electron chi connectivity index (χ4n) is 3.06. The predicted octanol–water partition coefficient (Wildman–Crippen LogP) is 3.52. The lowest BCUT2D eigenvalue weighted by Gasteiger charge is -2.31. The van der Waals surface area contributed by atoms with Gasteiger partial charge in [0.25, 0.3) is 5.91 Å². The predicted molar refractivity (Wildman–Crippen MR) is 88.9 cm³/mol. The molecule has 0 aliphatic carbocycles. The lowest BCUT2D eigenvalue weighted by atomic mass is 9.98. The first kappa shape index (κ1) is 16.2. The number of likely N-dealkylation sites (tertiary alicyclic amines) is 1. The molecule has 0 spiro atoms. The number of rotatable bonds is 4. The average Bonchev–Trinajstić information content (AvgIpc) is 3.13. The van der Waals surface area contributed by atoms with Gasteiger partial charge in [0.15, 0.2) is 0 Å². The van der Waals surface area contributed by atoms with Crippen LogP contribution in [0.2, 0.25) is 0 Å². The van der Waals surface area contributed by atoms with Crippen LogP contribution in [0.15, 0.2) is 15.9 Å². The van der Waals surface area contributed by atoms with Crippen molar-refractivity contribution in [3.63, 3.8) is 0 Å². The highest BCUT2D eigenvalue weighted by molar-refractivity contribution is 7.09. The molecule has 5 nitrogen and oxygen atoms in total. The Morgan fingerprint density at radius 2 is 2.35 bits per heavy atom. The number of carbonyl (C=O) groups excluding carboxylic acids is 1. The number of carbonyl (C=O) groups is 1. The van der Waals surface area contributed by atoms with E-state index in [2.05, 4.69) is 10.4 Å². The average molecular weight is 334 g/mol. The highest BCUT2D eigenvalue weighted by atomic mass is 32.1. The molecule has 2 aromatic heterocycles. The van der Waals surface area contributed by atoms with E-state index in [4.69, 9.17) is 9.15 Å². The normalized spacial score (nSPS) is 18.4. The van der Waals surface area contributed by atoms with E-state index in [0.29, 0.717) is 29.6 Å². The zero-order valence-corrected chi connectivity index (χ0v) is 14.6. The fourth-order valence-corrected chi connectivity index (χ4v) is 3.99. The number of thiazole rings is 1. The summed E-state index contributed by atoms with van der Waals surface area (Å²) in [6.07, 6.45) is 2.10. The number of nitrogens with zero attached hydrogens (tertiary/aromatic N) is 2. The number of methoxy groups -OCH3 is 1.